The van der Waals surface area contributed by atoms with Gasteiger partial charge in [-0.15, -0.1) is 0 Å². The lowest BCUT2D eigenvalue weighted by atomic mass is 10.1. The summed E-state index contributed by atoms with van der Waals surface area (Å²) in [6.07, 6.45) is 1.59. The number of halogens is 1. The fourth-order valence-electron chi connectivity index (χ4n) is 2.40. The van der Waals surface area contributed by atoms with Crippen LogP contribution in [0.25, 0.3) is 11.3 Å². The summed E-state index contributed by atoms with van der Waals surface area (Å²) < 4.78 is 18.6. The second-order valence-electron chi connectivity index (χ2n) is 5.67. The summed E-state index contributed by atoms with van der Waals surface area (Å²) in [5.41, 5.74) is 3.33. The Balaban J connectivity index is 1.47. The van der Waals surface area contributed by atoms with E-state index < -0.39 is 0 Å². The van der Waals surface area contributed by atoms with Gasteiger partial charge >= 0.3 is 0 Å². The maximum atomic E-state index is 12.9. The highest BCUT2D eigenvalue weighted by Gasteiger charge is 2.02. The van der Waals surface area contributed by atoms with E-state index in [9.17, 15) is 4.39 Å². The zero-order valence-electron chi connectivity index (χ0n) is 13.7. The van der Waals surface area contributed by atoms with Crippen LogP contribution < -0.4 is 4.74 Å². The Morgan fingerprint density at radius 3 is 2.28 bits per heavy atom. The number of aromatic nitrogens is 2. The van der Waals surface area contributed by atoms with Gasteiger partial charge in [-0.3, -0.25) is 0 Å². The van der Waals surface area contributed by atoms with Gasteiger partial charge < -0.3 is 9.84 Å². The average molecular weight is 338 g/mol. The van der Waals surface area contributed by atoms with Gasteiger partial charge in [0.1, 0.15) is 11.6 Å². The van der Waals surface area contributed by atoms with E-state index in [2.05, 4.69) is 10.2 Å². The third-order valence-electron chi connectivity index (χ3n) is 3.81. The number of hydrogen-bond donors (Lipinski definition) is 1. The predicted molar refractivity (Wildman–Crippen MR) is 93.6 cm³/mol. The molecule has 0 saturated carbocycles. The third kappa shape index (κ3) is 4.84. The molecule has 0 aliphatic carbocycles. The first-order valence-corrected chi connectivity index (χ1v) is 8.16. The highest BCUT2D eigenvalue weighted by atomic mass is 19.1. The summed E-state index contributed by atoms with van der Waals surface area (Å²) in [4.78, 5) is 0. The van der Waals surface area contributed by atoms with Gasteiger partial charge in [-0.05, 0) is 66.9 Å². The molecule has 0 radical (unpaired) electrons. The van der Waals surface area contributed by atoms with Crippen molar-refractivity contribution in [2.45, 2.75) is 19.4 Å². The van der Waals surface area contributed by atoms with Crippen molar-refractivity contribution < 1.29 is 14.2 Å². The molecule has 0 unspecified atom stereocenters. The van der Waals surface area contributed by atoms with Crippen LogP contribution in [0.15, 0.2) is 60.7 Å². The van der Waals surface area contributed by atoms with Gasteiger partial charge in [-0.2, -0.15) is 10.2 Å². The number of ether oxygens (including phenoxy) is 1. The molecule has 1 aromatic heterocycles. The van der Waals surface area contributed by atoms with E-state index in [-0.39, 0.29) is 12.4 Å². The van der Waals surface area contributed by atoms with E-state index in [1.165, 1.54) is 12.1 Å². The molecule has 1 heterocycles. The Morgan fingerprint density at radius 2 is 1.64 bits per heavy atom. The Morgan fingerprint density at radius 1 is 0.880 bits per heavy atom. The summed E-state index contributed by atoms with van der Waals surface area (Å²) in [6.45, 7) is 0.618. The van der Waals surface area contributed by atoms with Crippen LogP contribution in [-0.4, -0.2) is 21.9 Å². The highest BCUT2D eigenvalue weighted by molar-refractivity contribution is 5.58. The van der Waals surface area contributed by atoms with Gasteiger partial charge in [0, 0.05) is 5.56 Å². The summed E-state index contributed by atoms with van der Waals surface area (Å²) in [5, 5.41) is 17.4. The van der Waals surface area contributed by atoms with E-state index in [0.717, 1.165) is 41.1 Å². The average Bonchev–Trinajstić information content (AvgIpc) is 2.67. The fraction of sp³-hybridized carbons (Fsp3) is 0.200. The van der Waals surface area contributed by atoms with Crippen molar-refractivity contribution in [2.24, 2.45) is 0 Å². The van der Waals surface area contributed by atoms with Gasteiger partial charge in [0.15, 0.2) is 0 Å². The molecule has 3 aromatic rings. The number of aliphatic hydroxyl groups is 1. The number of aryl methyl sites for hydroxylation is 1. The zero-order chi connectivity index (χ0) is 17.5. The minimum Gasteiger partial charge on any atom is -0.494 e. The fourth-order valence-corrected chi connectivity index (χ4v) is 2.40. The second-order valence-corrected chi connectivity index (χ2v) is 5.67. The first-order valence-electron chi connectivity index (χ1n) is 8.16. The minimum absolute atomic E-state index is 0.0346. The third-order valence-corrected chi connectivity index (χ3v) is 3.81. The molecule has 1 N–H and O–H groups in total. The van der Waals surface area contributed by atoms with E-state index in [4.69, 9.17) is 9.84 Å². The number of rotatable bonds is 7. The molecule has 0 aliphatic heterocycles. The first kappa shape index (κ1) is 17.0. The van der Waals surface area contributed by atoms with Crippen molar-refractivity contribution in [3.63, 3.8) is 0 Å². The lowest BCUT2D eigenvalue weighted by Gasteiger charge is -2.07. The van der Waals surface area contributed by atoms with Gasteiger partial charge in [-0.1, -0.05) is 12.1 Å². The molecule has 2 aromatic carbocycles. The van der Waals surface area contributed by atoms with Crippen molar-refractivity contribution in [2.75, 3.05) is 6.61 Å². The zero-order valence-corrected chi connectivity index (χ0v) is 13.7. The molecule has 0 atom stereocenters. The topological polar surface area (TPSA) is 55.2 Å². The Labute approximate surface area is 145 Å². The SMILES string of the molecule is OCc1ccc(OCCCc2ccc(-c3ccc(F)cc3)nn2)cc1. The smallest absolute Gasteiger partial charge is 0.123 e. The van der Waals surface area contributed by atoms with Crippen LogP contribution in [-0.2, 0) is 13.0 Å². The number of hydrogen-bond acceptors (Lipinski definition) is 4. The first-order chi connectivity index (χ1) is 12.2. The van der Waals surface area contributed by atoms with Crippen molar-refractivity contribution in [1.82, 2.24) is 10.2 Å². The molecule has 4 nitrogen and oxygen atoms in total. The van der Waals surface area contributed by atoms with E-state index >= 15 is 0 Å². The Hall–Kier alpha value is -2.79. The van der Waals surface area contributed by atoms with E-state index in [1.807, 2.05) is 36.4 Å². The van der Waals surface area contributed by atoms with Gasteiger partial charge in [0.25, 0.3) is 0 Å². The summed E-state index contributed by atoms with van der Waals surface area (Å²) in [7, 11) is 0. The molecule has 0 bridgehead atoms. The van der Waals surface area contributed by atoms with Crippen LogP contribution in [0.5, 0.6) is 5.75 Å². The molecule has 0 spiro atoms. The Bertz CT molecular complexity index is 787. The second kappa shape index (κ2) is 8.35. The number of benzene rings is 2. The summed E-state index contributed by atoms with van der Waals surface area (Å²) >= 11 is 0. The quantitative estimate of drug-likeness (QED) is 0.666. The van der Waals surface area contributed by atoms with E-state index in [1.54, 1.807) is 12.1 Å². The van der Waals surface area contributed by atoms with Crippen LogP contribution >= 0.6 is 0 Å². The molecule has 0 amide bonds. The van der Waals surface area contributed by atoms with Crippen LogP contribution in [0, 0.1) is 5.82 Å². The molecule has 128 valence electrons. The molecular weight excluding hydrogens is 319 g/mol. The van der Waals surface area contributed by atoms with Crippen molar-refractivity contribution >= 4 is 0 Å². The van der Waals surface area contributed by atoms with Crippen molar-refractivity contribution in [1.29, 1.82) is 0 Å². The normalized spacial score (nSPS) is 10.6. The Kier molecular flexibility index (Phi) is 5.69. The molecule has 0 aliphatic rings. The van der Waals surface area contributed by atoms with Gasteiger partial charge in [-0.25, -0.2) is 4.39 Å². The molecule has 25 heavy (non-hydrogen) atoms. The molecule has 3 rings (SSSR count). The maximum Gasteiger partial charge on any atom is 0.123 e. The van der Waals surface area contributed by atoms with Crippen molar-refractivity contribution in [3.05, 3.63) is 77.7 Å². The lowest BCUT2D eigenvalue weighted by molar-refractivity contribution is 0.281. The van der Waals surface area contributed by atoms with Crippen molar-refractivity contribution in [3.8, 4) is 17.0 Å². The molecule has 0 fully saturated rings. The number of aliphatic hydroxyl groups excluding tert-OH is 1. The van der Waals surface area contributed by atoms with Crippen LogP contribution in [0.2, 0.25) is 0 Å². The predicted octanol–water partition coefficient (Wildman–Crippen LogP) is 3.79. The standard InChI is InChI=1S/C20H19FN2O2/c21-17-7-5-16(6-8-17)20-12-9-18(22-23-20)2-1-13-25-19-10-3-15(14-24)4-11-19/h3-12,24H,1-2,13-14H2. The van der Waals surface area contributed by atoms with Crippen LogP contribution in [0.1, 0.15) is 17.7 Å². The maximum absolute atomic E-state index is 12.9. The summed E-state index contributed by atoms with van der Waals surface area (Å²) in [5.74, 6) is 0.522. The largest absolute Gasteiger partial charge is 0.494 e. The van der Waals surface area contributed by atoms with Crippen LogP contribution in [0.4, 0.5) is 4.39 Å². The van der Waals surface area contributed by atoms with E-state index in [0.29, 0.717) is 6.61 Å². The lowest BCUT2D eigenvalue weighted by Crippen LogP contribution is -2.01. The number of nitrogens with zero attached hydrogens (tertiary/aromatic N) is 2. The summed E-state index contributed by atoms with van der Waals surface area (Å²) in [6, 6.07) is 17.4. The molecule has 5 heteroatoms. The molecular formula is C20H19FN2O2. The minimum atomic E-state index is -0.265. The van der Waals surface area contributed by atoms with Gasteiger partial charge in [0.2, 0.25) is 0 Å². The monoisotopic (exact) mass is 338 g/mol. The molecule has 0 saturated heterocycles. The highest BCUT2D eigenvalue weighted by Crippen LogP contribution is 2.17. The van der Waals surface area contributed by atoms with Crippen LogP contribution in [0.3, 0.4) is 0 Å². The van der Waals surface area contributed by atoms with Gasteiger partial charge in [0.05, 0.1) is 24.6 Å².